The highest BCUT2D eigenvalue weighted by Crippen LogP contribution is 2.21. The van der Waals surface area contributed by atoms with E-state index in [0.29, 0.717) is 18.3 Å². The summed E-state index contributed by atoms with van der Waals surface area (Å²) < 4.78 is 16.1. The van der Waals surface area contributed by atoms with Crippen molar-refractivity contribution in [3.63, 3.8) is 0 Å². The summed E-state index contributed by atoms with van der Waals surface area (Å²) in [6, 6.07) is 17.4. The van der Waals surface area contributed by atoms with Gasteiger partial charge in [0.2, 0.25) is 11.7 Å². The van der Waals surface area contributed by atoms with Crippen LogP contribution < -0.4 is 10.1 Å². The number of nitrogens with one attached hydrogen (secondary N) is 1. The van der Waals surface area contributed by atoms with Gasteiger partial charge >= 0.3 is 6.09 Å². The molecular weight excluding hydrogens is 358 g/mol. The molecule has 3 aromatic rings. The Morgan fingerprint density at radius 3 is 2.46 bits per heavy atom. The van der Waals surface area contributed by atoms with Gasteiger partial charge < -0.3 is 19.3 Å². The number of rotatable bonds is 6. The minimum absolute atomic E-state index is 0.0974. The fourth-order valence-corrected chi connectivity index (χ4v) is 2.35. The molecule has 1 heterocycles. The van der Waals surface area contributed by atoms with Gasteiger partial charge in [0.1, 0.15) is 24.5 Å². The molecule has 146 valence electrons. The lowest BCUT2D eigenvalue weighted by Gasteiger charge is -2.19. The summed E-state index contributed by atoms with van der Waals surface area (Å²) in [5, 5.41) is 6.53. The lowest BCUT2D eigenvalue weighted by Crippen LogP contribution is -2.32. The van der Waals surface area contributed by atoms with Gasteiger partial charge in [-0.2, -0.15) is 4.98 Å². The topological polar surface area (TPSA) is 86.5 Å². The second-order valence-corrected chi connectivity index (χ2v) is 7.17. The minimum atomic E-state index is -0.561. The Bertz CT molecular complexity index is 899. The fourth-order valence-electron chi connectivity index (χ4n) is 2.35. The normalized spacial score (nSPS) is 11.1. The predicted molar refractivity (Wildman–Crippen MR) is 104 cm³/mol. The van der Waals surface area contributed by atoms with Crippen molar-refractivity contribution in [1.82, 2.24) is 15.5 Å². The van der Waals surface area contributed by atoms with Crippen LogP contribution in [-0.2, 0) is 17.9 Å². The predicted octanol–water partition coefficient (Wildman–Crippen LogP) is 4.34. The smallest absolute Gasteiger partial charge is 0.408 e. The van der Waals surface area contributed by atoms with Gasteiger partial charge in [-0.05, 0) is 50.6 Å². The van der Waals surface area contributed by atoms with Crippen LogP contribution in [0.5, 0.6) is 5.75 Å². The van der Waals surface area contributed by atoms with Crippen molar-refractivity contribution in [2.75, 3.05) is 0 Å². The molecule has 0 atom stereocenters. The van der Waals surface area contributed by atoms with Crippen LogP contribution in [0.25, 0.3) is 11.4 Å². The third kappa shape index (κ3) is 5.84. The van der Waals surface area contributed by atoms with E-state index in [1.165, 1.54) is 0 Å². The Morgan fingerprint density at radius 1 is 1.07 bits per heavy atom. The van der Waals surface area contributed by atoms with Gasteiger partial charge in [-0.25, -0.2) is 4.79 Å². The van der Waals surface area contributed by atoms with Gasteiger partial charge in [-0.15, -0.1) is 0 Å². The quantitative estimate of drug-likeness (QED) is 0.683. The van der Waals surface area contributed by atoms with E-state index in [-0.39, 0.29) is 6.54 Å². The second-order valence-electron chi connectivity index (χ2n) is 7.17. The van der Waals surface area contributed by atoms with Crippen LogP contribution in [0.3, 0.4) is 0 Å². The zero-order valence-corrected chi connectivity index (χ0v) is 16.1. The van der Waals surface area contributed by atoms with Crippen molar-refractivity contribution in [2.45, 2.75) is 39.5 Å². The van der Waals surface area contributed by atoms with Crippen LogP contribution in [0.15, 0.2) is 59.1 Å². The second kappa shape index (κ2) is 8.56. The molecule has 0 radical (unpaired) electrons. The van der Waals surface area contributed by atoms with Gasteiger partial charge in [0.05, 0.1) is 0 Å². The summed E-state index contributed by atoms with van der Waals surface area (Å²) in [5.74, 6) is 1.49. The van der Waals surface area contributed by atoms with E-state index in [0.717, 1.165) is 16.9 Å². The lowest BCUT2D eigenvalue weighted by molar-refractivity contribution is 0.0518. The van der Waals surface area contributed by atoms with E-state index in [1.807, 2.05) is 54.6 Å². The number of alkyl carbamates (subject to hydrolysis) is 1. The molecule has 0 aliphatic carbocycles. The highest BCUT2D eigenvalue weighted by Gasteiger charge is 2.17. The molecule has 28 heavy (non-hydrogen) atoms. The number of hydrogen-bond donors (Lipinski definition) is 1. The van der Waals surface area contributed by atoms with E-state index >= 15 is 0 Å². The molecule has 0 aliphatic rings. The standard InChI is InChI=1S/C21H23N3O4/c1-21(2,3)27-20(25)22-13-18-23-19(24-28-18)16-9-11-17(12-10-16)26-14-15-7-5-4-6-8-15/h4-12H,13-14H2,1-3H3,(H,22,25). The maximum absolute atomic E-state index is 11.7. The molecule has 0 spiro atoms. The number of carbonyl (C=O) groups excluding carboxylic acids is 1. The molecule has 0 aliphatic heterocycles. The van der Waals surface area contributed by atoms with Crippen molar-refractivity contribution in [2.24, 2.45) is 0 Å². The molecule has 7 nitrogen and oxygen atoms in total. The highest BCUT2D eigenvalue weighted by atomic mass is 16.6. The SMILES string of the molecule is CC(C)(C)OC(=O)NCc1nc(-c2ccc(OCc3ccccc3)cc2)no1. The Balaban J connectivity index is 1.54. The van der Waals surface area contributed by atoms with Gasteiger partial charge in [0.25, 0.3) is 0 Å². The minimum Gasteiger partial charge on any atom is -0.489 e. The Kier molecular flexibility index (Phi) is 5.93. The molecule has 0 saturated heterocycles. The summed E-state index contributed by atoms with van der Waals surface area (Å²) in [6.07, 6.45) is -0.535. The molecule has 3 rings (SSSR count). The zero-order chi connectivity index (χ0) is 20.0. The molecule has 0 bridgehead atoms. The van der Waals surface area contributed by atoms with Gasteiger partial charge in [-0.1, -0.05) is 35.5 Å². The van der Waals surface area contributed by atoms with Crippen molar-refractivity contribution in [3.8, 4) is 17.1 Å². The number of hydrogen-bond acceptors (Lipinski definition) is 6. The number of benzene rings is 2. The van der Waals surface area contributed by atoms with E-state index in [4.69, 9.17) is 14.0 Å². The maximum atomic E-state index is 11.7. The molecule has 7 heteroatoms. The first kappa shape index (κ1) is 19.4. The molecule has 1 amide bonds. The number of ether oxygens (including phenoxy) is 2. The summed E-state index contributed by atoms with van der Waals surface area (Å²) in [7, 11) is 0. The number of aromatic nitrogens is 2. The number of nitrogens with zero attached hydrogens (tertiary/aromatic N) is 2. The summed E-state index contributed by atoms with van der Waals surface area (Å²) >= 11 is 0. The summed E-state index contributed by atoms with van der Waals surface area (Å²) in [4.78, 5) is 16.0. The van der Waals surface area contributed by atoms with Crippen molar-refractivity contribution >= 4 is 6.09 Å². The van der Waals surface area contributed by atoms with Gasteiger partial charge in [0.15, 0.2) is 0 Å². The molecule has 0 saturated carbocycles. The molecule has 0 unspecified atom stereocenters. The summed E-state index contributed by atoms with van der Waals surface area (Å²) in [5.41, 5.74) is 1.33. The van der Waals surface area contributed by atoms with Crippen LogP contribution >= 0.6 is 0 Å². The van der Waals surface area contributed by atoms with Crippen molar-refractivity contribution in [3.05, 3.63) is 66.1 Å². The third-order valence-corrected chi connectivity index (χ3v) is 3.61. The van der Waals surface area contributed by atoms with Crippen LogP contribution in [0.1, 0.15) is 32.2 Å². The molecule has 0 fully saturated rings. The molecule has 1 aromatic heterocycles. The van der Waals surface area contributed by atoms with Gasteiger partial charge in [-0.3, -0.25) is 0 Å². The number of amides is 1. The molecular formula is C21H23N3O4. The fraction of sp³-hybridized carbons (Fsp3) is 0.286. The highest BCUT2D eigenvalue weighted by molar-refractivity contribution is 5.67. The van der Waals surface area contributed by atoms with Crippen LogP contribution in [0.2, 0.25) is 0 Å². The first-order valence-corrected chi connectivity index (χ1v) is 8.96. The van der Waals surface area contributed by atoms with Crippen LogP contribution in [0, 0.1) is 0 Å². The van der Waals surface area contributed by atoms with E-state index in [1.54, 1.807) is 20.8 Å². The Hall–Kier alpha value is -3.35. The average Bonchev–Trinajstić information content (AvgIpc) is 3.14. The monoisotopic (exact) mass is 381 g/mol. The number of carbonyl (C=O) groups is 1. The summed E-state index contributed by atoms with van der Waals surface area (Å²) in [6.45, 7) is 5.99. The van der Waals surface area contributed by atoms with Crippen molar-refractivity contribution in [1.29, 1.82) is 0 Å². The Morgan fingerprint density at radius 2 is 1.79 bits per heavy atom. The zero-order valence-electron chi connectivity index (χ0n) is 16.1. The average molecular weight is 381 g/mol. The van der Waals surface area contributed by atoms with E-state index < -0.39 is 11.7 Å². The third-order valence-electron chi connectivity index (χ3n) is 3.61. The molecule has 2 aromatic carbocycles. The van der Waals surface area contributed by atoms with Gasteiger partial charge in [0, 0.05) is 5.56 Å². The van der Waals surface area contributed by atoms with Crippen LogP contribution in [-0.4, -0.2) is 21.8 Å². The van der Waals surface area contributed by atoms with Crippen molar-refractivity contribution < 1.29 is 18.8 Å². The first-order chi connectivity index (χ1) is 13.4. The van der Waals surface area contributed by atoms with E-state index in [2.05, 4.69) is 15.5 Å². The Labute approximate surface area is 163 Å². The lowest BCUT2D eigenvalue weighted by atomic mass is 10.2. The maximum Gasteiger partial charge on any atom is 0.408 e. The largest absolute Gasteiger partial charge is 0.489 e. The molecule has 1 N–H and O–H groups in total. The first-order valence-electron chi connectivity index (χ1n) is 8.96. The van der Waals surface area contributed by atoms with Crippen LogP contribution in [0.4, 0.5) is 4.79 Å². The van der Waals surface area contributed by atoms with E-state index in [9.17, 15) is 4.79 Å².